The fourth-order valence-electron chi connectivity index (χ4n) is 2.02. The molecule has 4 nitrogen and oxygen atoms in total. The van der Waals surface area contributed by atoms with E-state index in [9.17, 15) is 14.3 Å². The zero-order chi connectivity index (χ0) is 14.8. The lowest BCUT2D eigenvalue weighted by atomic mass is 10.1. The van der Waals surface area contributed by atoms with Gasteiger partial charge in [0, 0.05) is 17.4 Å². The Morgan fingerprint density at radius 1 is 1.14 bits per heavy atom. The van der Waals surface area contributed by atoms with Gasteiger partial charge in [-0.05, 0) is 36.4 Å². The second-order valence-corrected chi connectivity index (χ2v) is 4.54. The maximum Gasteiger partial charge on any atom is 0.152 e. The van der Waals surface area contributed by atoms with Crippen LogP contribution in [0.5, 0.6) is 5.75 Å². The third-order valence-electron chi connectivity index (χ3n) is 3.15. The van der Waals surface area contributed by atoms with Crippen LogP contribution < -0.4 is 0 Å². The second kappa shape index (κ2) is 5.20. The number of carbonyl (C=O) groups excluding carboxylic acids is 1. The number of rotatable bonds is 3. The molecule has 1 N–H and O–H groups in total. The van der Waals surface area contributed by atoms with Crippen LogP contribution in [0.1, 0.15) is 10.4 Å². The number of imidazole rings is 1. The number of aromatic hydroxyl groups is 1. The molecule has 2 aromatic carbocycles. The van der Waals surface area contributed by atoms with Gasteiger partial charge in [0.15, 0.2) is 6.29 Å². The van der Waals surface area contributed by atoms with Crippen molar-refractivity contribution in [3.63, 3.8) is 0 Å². The van der Waals surface area contributed by atoms with E-state index in [0.29, 0.717) is 17.5 Å². The number of halogens is 1. The van der Waals surface area contributed by atoms with E-state index in [0.717, 1.165) is 5.69 Å². The summed E-state index contributed by atoms with van der Waals surface area (Å²) in [6, 6.07) is 11.0. The number of hydrogen-bond acceptors (Lipinski definition) is 3. The maximum atomic E-state index is 13.6. The molecule has 0 aliphatic heterocycles. The minimum Gasteiger partial charge on any atom is -0.508 e. The van der Waals surface area contributed by atoms with Crippen LogP contribution in [0.25, 0.3) is 16.9 Å². The predicted octanol–water partition coefficient (Wildman–Crippen LogP) is 3.20. The van der Waals surface area contributed by atoms with Crippen molar-refractivity contribution in [3.05, 3.63) is 66.4 Å². The quantitative estimate of drug-likeness (QED) is 0.750. The Labute approximate surface area is 120 Å². The summed E-state index contributed by atoms with van der Waals surface area (Å²) in [5.74, 6) is -0.382. The predicted molar refractivity (Wildman–Crippen MR) is 76.0 cm³/mol. The molecule has 0 radical (unpaired) electrons. The molecule has 3 rings (SSSR count). The van der Waals surface area contributed by atoms with Gasteiger partial charge in [-0.2, -0.15) is 0 Å². The van der Waals surface area contributed by atoms with Crippen molar-refractivity contribution >= 4 is 6.29 Å². The fraction of sp³-hybridized carbons (Fsp3) is 0. The van der Waals surface area contributed by atoms with Gasteiger partial charge >= 0.3 is 0 Å². The molecule has 0 saturated carbocycles. The lowest BCUT2D eigenvalue weighted by Crippen LogP contribution is -1.89. The zero-order valence-electron chi connectivity index (χ0n) is 10.9. The van der Waals surface area contributed by atoms with E-state index in [4.69, 9.17) is 0 Å². The fourth-order valence-corrected chi connectivity index (χ4v) is 2.02. The van der Waals surface area contributed by atoms with Gasteiger partial charge in [0.05, 0.1) is 17.6 Å². The molecule has 0 fully saturated rings. The number of benzene rings is 2. The van der Waals surface area contributed by atoms with Gasteiger partial charge in [-0.25, -0.2) is 9.37 Å². The van der Waals surface area contributed by atoms with Gasteiger partial charge in [-0.15, -0.1) is 0 Å². The average molecular weight is 282 g/mol. The summed E-state index contributed by atoms with van der Waals surface area (Å²) in [6.45, 7) is 0. The van der Waals surface area contributed by atoms with Crippen LogP contribution in [0, 0.1) is 5.82 Å². The maximum absolute atomic E-state index is 13.6. The number of nitrogens with zero attached hydrogens (tertiary/aromatic N) is 2. The molecule has 21 heavy (non-hydrogen) atoms. The van der Waals surface area contributed by atoms with E-state index in [2.05, 4.69) is 4.98 Å². The SMILES string of the molecule is O=Cc1ccc(-c2cn(-c3ccc(O)cc3)cn2)cc1F. The minimum absolute atomic E-state index is 0.0247. The highest BCUT2D eigenvalue weighted by Gasteiger charge is 2.07. The highest BCUT2D eigenvalue weighted by atomic mass is 19.1. The standard InChI is InChI=1S/C16H11FN2O2/c17-15-7-11(1-2-12(15)9-20)16-8-19(10-18-16)13-3-5-14(21)6-4-13/h1-10,21H. The summed E-state index contributed by atoms with van der Waals surface area (Å²) in [5, 5.41) is 9.27. The molecule has 1 heterocycles. The molecule has 5 heteroatoms. The van der Waals surface area contributed by atoms with Crippen LogP contribution in [0.15, 0.2) is 55.0 Å². The van der Waals surface area contributed by atoms with Gasteiger partial charge in [0.1, 0.15) is 11.6 Å². The Bertz CT molecular complexity index is 794. The first-order valence-electron chi connectivity index (χ1n) is 6.26. The summed E-state index contributed by atoms with van der Waals surface area (Å²) >= 11 is 0. The van der Waals surface area contributed by atoms with Crippen molar-refractivity contribution in [2.75, 3.05) is 0 Å². The highest BCUT2D eigenvalue weighted by Crippen LogP contribution is 2.22. The molecule has 0 amide bonds. The summed E-state index contributed by atoms with van der Waals surface area (Å²) in [5.41, 5.74) is 2.04. The third kappa shape index (κ3) is 2.53. The van der Waals surface area contributed by atoms with Crippen molar-refractivity contribution in [2.24, 2.45) is 0 Å². The number of phenols is 1. The van der Waals surface area contributed by atoms with Crippen LogP contribution in [0.3, 0.4) is 0 Å². The molecule has 0 saturated heterocycles. The molecule has 104 valence electrons. The molecule has 1 aromatic heterocycles. The monoisotopic (exact) mass is 282 g/mol. The molecule has 3 aromatic rings. The van der Waals surface area contributed by atoms with Crippen molar-refractivity contribution < 1.29 is 14.3 Å². The number of carbonyl (C=O) groups is 1. The molecular weight excluding hydrogens is 271 g/mol. The first-order chi connectivity index (χ1) is 10.2. The molecule has 0 spiro atoms. The lowest BCUT2D eigenvalue weighted by molar-refractivity contribution is 0.112. The average Bonchev–Trinajstić information content (AvgIpc) is 2.98. The van der Waals surface area contributed by atoms with E-state index in [1.165, 1.54) is 12.1 Å². The molecular formula is C16H11FN2O2. The zero-order valence-corrected chi connectivity index (χ0v) is 10.9. The normalized spacial score (nSPS) is 10.5. The number of aldehydes is 1. The molecule has 0 atom stereocenters. The van der Waals surface area contributed by atoms with Gasteiger partial charge in [0.2, 0.25) is 0 Å². The lowest BCUT2D eigenvalue weighted by Gasteiger charge is -2.01. The van der Waals surface area contributed by atoms with Crippen LogP contribution >= 0.6 is 0 Å². The molecule has 0 bridgehead atoms. The summed E-state index contributed by atoms with van der Waals surface area (Å²) < 4.78 is 15.4. The first kappa shape index (κ1) is 13.1. The van der Waals surface area contributed by atoms with Gasteiger partial charge in [-0.3, -0.25) is 4.79 Å². The summed E-state index contributed by atoms with van der Waals surface area (Å²) in [6.07, 6.45) is 3.84. The topological polar surface area (TPSA) is 55.1 Å². The second-order valence-electron chi connectivity index (χ2n) is 4.54. The largest absolute Gasteiger partial charge is 0.508 e. The Hall–Kier alpha value is -2.95. The molecule has 0 aliphatic carbocycles. The smallest absolute Gasteiger partial charge is 0.152 e. The number of aromatic nitrogens is 2. The number of phenolic OH excluding ortho intramolecular Hbond substituents is 1. The van der Waals surface area contributed by atoms with Gasteiger partial charge in [0.25, 0.3) is 0 Å². The van der Waals surface area contributed by atoms with E-state index < -0.39 is 5.82 Å². The Morgan fingerprint density at radius 3 is 2.57 bits per heavy atom. The van der Waals surface area contributed by atoms with Crippen LogP contribution in [-0.2, 0) is 0 Å². The Kier molecular flexibility index (Phi) is 3.23. The van der Waals surface area contributed by atoms with Crippen LogP contribution in [0.2, 0.25) is 0 Å². The highest BCUT2D eigenvalue weighted by molar-refractivity contribution is 5.77. The van der Waals surface area contributed by atoms with E-state index >= 15 is 0 Å². The molecule has 0 aliphatic rings. The van der Waals surface area contributed by atoms with E-state index in [1.807, 2.05) is 0 Å². The van der Waals surface area contributed by atoms with Crippen molar-refractivity contribution in [1.29, 1.82) is 0 Å². The van der Waals surface area contributed by atoms with Crippen molar-refractivity contribution in [2.45, 2.75) is 0 Å². The number of hydrogen-bond donors (Lipinski definition) is 1. The van der Waals surface area contributed by atoms with Crippen LogP contribution in [-0.4, -0.2) is 20.9 Å². The summed E-state index contributed by atoms with van der Waals surface area (Å²) in [4.78, 5) is 14.8. The summed E-state index contributed by atoms with van der Waals surface area (Å²) in [7, 11) is 0. The van der Waals surface area contributed by atoms with Crippen molar-refractivity contribution in [3.8, 4) is 22.7 Å². The third-order valence-corrected chi connectivity index (χ3v) is 3.15. The first-order valence-corrected chi connectivity index (χ1v) is 6.26. The van der Waals surface area contributed by atoms with Crippen LogP contribution in [0.4, 0.5) is 4.39 Å². The van der Waals surface area contributed by atoms with E-state index in [-0.39, 0.29) is 11.3 Å². The Balaban J connectivity index is 1.96. The van der Waals surface area contributed by atoms with Gasteiger partial charge in [-0.1, -0.05) is 6.07 Å². The molecule has 0 unspecified atom stereocenters. The van der Waals surface area contributed by atoms with E-state index in [1.54, 1.807) is 47.4 Å². The minimum atomic E-state index is -0.568. The van der Waals surface area contributed by atoms with Crippen molar-refractivity contribution in [1.82, 2.24) is 9.55 Å². The Morgan fingerprint density at radius 2 is 1.90 bits per heavy atom. The van der Waals surface area contributed by atoms with Gasteiger partial charge < -0.3 is 9.67 Å².